The molecule has 0 spiro atoms. The first-order valence-corrected chi connectivity index (χ1v) is 7.66. The number of carbonyl (C=O) groups excluding carboxylic acids is 1. The lowest BCUT2D eigenvalue weighted by Crippen LogP contribution is -2.16. The van der Waals surface area contributed by atoms with Crippen LogP contribution in [-0.4, -0.2) is 10.9 Å². The number of para-hydroxylation sites is 1. The molecular formula is C16H11BrN2O3. The topological polar surface area (TPSA) is 72.2 Å². The minimum atomic E-state index is -0.533. The number of amides is 1. The molecule has 0 unspecified atom stereocenters. The Labute approximate surface area is 134 Å². The molecule has 5 nitrogen and oxygen atoms in total. The van der Waals surface area contributed by atoms with Crippen LogP contribution in [0.2, 0.25) is 0 Å². The van der Waals surface area contributed by atoms with Crippen LogP contribution in [0.3, 0.4) is 0 Å². The summed E-state index contributed by atoms with van der Waals surface area (Å²) in [6.07, 6.45) is 0. The van der Waals surface area contributed by atoms with Crippen LogP contribution in [0.4, 0.5) is 6.01 Å². The number of nitrogens with one attached hydrogen (secondary N) is 1. The predicted octanol–water partition coefficient (Wildman–Crippen LogP) is 3.34. The van der Waals surface area contributed by atoms with Gasteiger partial charge in [0.15, 0.2) is 0 Å². The molecule has 2 aromatic carbocycles. The van der Waals surface area contributed by atoms with Gasteiger partial charge in [0, 0.05) is 10.9 Å². The number of rotatable bonds is 3. The first kappa shape index (κ1) is 14.5. The molecule has 1 N–H and O–H groups in total. The van der Waals surface area contributed by atoms with Crippen LogP contribution in [0.15, 0.2) is 57.7 Å². The van der Waals surface area contributed by atoms with E-state index in [1.54, 1.807) is 36.4 Å². The molecule has 3 rings (SSSR count). The van der Waals surface area contributed by atoms with Gasteiger partial charge >= 0.3 is 11.6 Å². The van der Waals surface area contributed by atoms with E-state index in [1.807, 2.05) is 12.1 Å². The summed E-state index contributed by atoms with van der Waals surface area (Å²) in [5.74, 6) is -0.374. The summed E-state index contributed by atoms with van der Waals surface area (Å²) >= 11 is 3.34. The van der Waals surface area contributed by atoms with Crippen molar-refractivity contribution in [2.45, 2.75) is 5.33 Å². The Kier molecular flexibility index (Phi) is 4.02. The molecule has 1 amide bonds. The Morgan fingerprint density at radius 2 is 1.86 bits per heavy atom. The molecular weight excluding hydrogens is 348 g/mol. The van der Waals surface area contributed by atoms with Crippen molar-refractivity contribution in [1.29, 1.82) is 0 Å². The fourth-order valence-corrected chi connectivity index (χ4v) is 2.58. The molecule has 0 atom stereocenters. The zero-order chi connectivity index (χ0) is 15.5. The van der Waals surface area contributed by atoms with Crippen LogP contribution in [-0.2, 0) is 5.33 Å². The molecule has 0 saturated carbocycles. The third kappa shape index (κ3) is 2.78. The summed E-state index contributed by atoms with van der Waals surface area (Å²) in [7, 11) is 0. The fourth-order valence-electron chi connectivity index (χ4n) is 2.10. The third-order valence-electron chi connectivity index (χ3n) is 3.16. The zero-order valence-corrected chi connectivity index (χ0v) is 13.0. The van der Waals surface area contributed by atoms with E-state index in [9.17, 15) is 9.59 Å². The first-order chi connectivity index (χ1) is 10.7. The van der Waals surface area contributed by atoms with Gasteiger partial charge in [-0.2, -0.15) is 4.98 Å². The average molecular weight is 359 g/mol. The van der Waals surface area contributed by atoms with E-state index < -0.39 is 5.63 Å². The predicted molar refractivity (Wildman–Crippen MR) is 87.3 cm³/mol. The van der Waals surface area contributed by atoms with Crippen molar-refractivity contribution >= 4 is 38.8 Å². The summed E-state index contributed by atoms with van der Waals surface area (Å²) < 4.78 is 5.05. The van der Waals surface area contributed by atoms with Gasteiger partial charge in [-0.15, -0.1) is 0 Å². The molecule has 6 heteroatoms. The zero-order valence-electron chi connectivity index (χ0n) is 11.4. The summed E-state index contributed by atoms with van der Waals surface area (Å²) in [6, 6.07) is 13.9. The van der Waals surface area contributed by atoms with Crippen LogP contribution in [0, 0.1) is 0 Å². The normalized spacial score (nSPS) is 10.6. The van der Waals surface area contributed by atoms with E-state index in [0.717, 1.165) is 5.56 Å². The molecule has 0 radical (unpaired) electrons. The van der Waals surface area contributed by atoms with Gasteiger partial charge < -0.3 is 4.42 Å². The Bertz CT molecular complexity index is 905. The lowest BCUT2D eigenvalue weighted by Gasteiger charge is -2.07. The van der Waals surface area contributed by atoms with Gasteiger partial charge in [-0.05, 0) is 23.8 Å². The monoisotopic (exact) mass is 358 g/mol. The highest BCUT2D eigenvalue weighted by Gasteiger charge is 2.13. The lowest BCUT2D eigenvalue weighted by molar-refractivity contribution is 0.102. The minimum absolute atomic E-state index is 0.113. The molecule has 22 heavy (non-hydrogen) atoms. The van der Waals surface area contributed by atoms with Gasteiger partial charge in [0.05, 0.1) is 10.9 Å². The van der Waals surface area contributed by atoms with Crippen molar-refractivity contribution < 1.29 is 9.21 Å². The smallest absolute Gasteiger partial charge is 0.348 e. The number of hydrogen-bond acceptors (Lipinski definition) is 4. The minimum Gasteiger partial charge on any atom is -0.388 e. The number of nitrogens with zero attached hydrogens (tertiary/aromatic N) is 1. The Morgan fingerprint density at radius 1 is 1.14 bits per heavy atom. The Morgan fingerprint density at radius 3 is 2.68 bits per heavy atom. The highest BCUT2D eigenvalue weighted by molar-refractivity contribution is 9.08. The van der Waals surface area contributed by atoms with Gasteiger partial charge in [0.2, 0.25) is 0 Å². The second kappa shape index (κ2) is 6.11. The van der Waals surface area contributed by atoms with E-state index in [1.165, 1.54) is 0 Å². The molecule has 0 aliphatic heterocycles. The molecule has 0 aliphatic rings. The number of halogens is 1. The number of anilines is 1. The highest BCUT2D eigenvalue weighted by Crippen LogP contribution is 2.15. The van der Waals surface area contributed by atoms with E-state index >= 15 is 0 Å². The maximum Gasteiger partial charge on any atom is 0.348 e. The van der Waals surface area contributed by atoms with Crippen molar-refractivity contribution in [3.05, 3.63) is 70.1 Å². The summed E-state index contributed by atoms with van der Waals surface area (Å²) in [4.78, 5) is 28.3. The molecule has 1 aromatic heterocycles. The summed E-state index contributed by atoms with van der Waals surface area (Å²) in [5, 5.41) is 3.45. The van der Waals surface area contributed by atoms with Gasteiger partial charge in [0.25, 0.3) is 5.91 Å². The number of aromatic nitrogens is 1. The van der Waals surface area contributed by atoms with Crippen LogP contribution >= 0.6 is 15.9 Å². The maximum atomic E-state index is 12.3. The summed E-state index contributed by atoms with van der Waals surface area (Å²) in [5.41, 5.74) is 1.28. The lowest BCUT2D eigenvalue weighted by atomic mass is 10.1. The van der Waals surface area contributed by atoms with Gasteiger partial charge in [-0.25, -0.2) is 4.79 Å². The number of fused-ring (bicyclic) bond motifs is 1. The standard InChI is InChI=1S/C16H11BrN2O3/c17-9-10-5-1-2-6-11(10)14(20)19-16-18-13-8-4-3-7-12(13)15(21)22-16/h1-8H,9H2,(H,18,19,20). The molecule has 3 aromatic rings. The molecule has 0 saturated heterocycles. The van der Waals surface area contributed by atoms with Gasteiger partial charge in [0.1, 0.15) is 0 Å². The van der Waals surface area contributed by atoms with Crippen molar-refractivity contribution in [2.24, 2.45) is 0 Å². The molecule has 1 heterocycles. The molecule has 0 fully saturated rings. The largest absolute Gasteiger partial charge is 0.388 e. The summed E-state index contributed by atoms with van der Waals surface area (Å²) in [6.45, 7) is 0. The average Bonchev–Trinajstić information content (AvgIpc) is 2.55. The van der Waals surface area contributed by atoms with Crippen molar-refractivity contribution in [2.75, 3.05) is 5.32 Å². The third-order valence-corrected chi connectivity index (χ3v) is 3.77. The number of benzene rings is 2. The quantitative estimate of drug-likeness (QED) is 0.728. The van der Waals surface area contributed by atoms with Crippen LogP contribution in [0.25, 0.3) is 10.9 Å². The molecule has 110 valence electrons. The Balaban J connectivity index is 1.96. The number of alkyl halides is 1. The Hall–Kier alpha value is -2.47. The van der Waals surface area contributed by atoms with Crippen molar-refractivity contribution in [1.82, 2.24) is 4.98 Å². The second-order valence-electron chi connectivity index (χ2n) is 4.57. The van der Waals surface area contributed by atoms with Crippen LogP contribution in [0.1, 0.15) is 15.9 Å². The number of hydrogen-bond donors (Lipinski definition) is 1. The van der Waals surface area contributed by atoms with Crippen LogP contribution in [0.5, 0.6) is 0 Å². The van der Waals surface area contributed by atoms with E-state index in [0.29, 0.717) is 21.8 Å². The van der Waals surface area contributed by atoms with E-state index in [-0.39, 0.29) is 11.9 Å². The van der Waals surface area contributed by atoms with Crippen molar-refractivity contribution in [3.8, 4) is 0 Å². The second-order valence-corrected chi connectivity index (χ2v) is 5.13. The fraction of sp³-hybridized carbons (Fsp3) is 0.0625. The van der Waals surface area contributed by atoms with Crippen LogP contribution < -0.4 is 10.9 Å². The molecule has 0 bridgehead atoms. The highest BCUT2D eigenvalue weighted by atomic mass is 79.9. The van der Waals surface area contributed by atoms with E-state index in [4.69, 9.17) is 4.42 Å². The van der Waals surface area contributed by atoms with E-state index in [2.05, 4.69) is 26.2 Å². The molecule has 0 aliphatic carbocycles. The maximum absolute atomic E-state index is 12.3. The van der Waals surface area contributed by atoms with Gasteiger partial charge in [-0.3, -0.25) is 10.1 Å². The number of carbonyl (C=O) groups is 1. The van der Waals surface area contributed by atoms with Gasteiger partial charge in [-0.1, -0.05) is 46.3 Å². The van der Waals surface area contributed by atoms with Crippen molar-refractivity contribution in [3.63, 3.8) is 0 Å². The SMILES string of the molecule is O=C(Nc1nc2ccccc2c(=O)o1)c1ccccc1CBr. The first-order valence-electron chi connectivity index (χ1n) is 6.54.